The van der Waals surface area contributed by atoms with Crippen molar-refractivity contribution in [2.75, 3.05) is 0 Å². The van der Waals surface area contributed by atoms with Crippen LogP contribution in [0.2, 0.25) is 0 Å². The van der Waals surface area contributed by atoms with Crippen LogP contribution in [-0.2, 0) is 19.9 Å². The van der Waals surface area contributed by atoms with Crippen molar-refractivity contribution in [1.29, 1.82) is 0 Å². The van der Waals surface area contributed by atoms with Crippen molar-refractivity contribution in [1.82, 2.24) is 9.78 Å². The number of aryl methyl sites for hydroxylation is 3. The van der Waals surface area contributed by atoms with E-state index in [2.05, 4.69) is 31.1 Å². The summed E-state index contributed by atoms with van der Waals surface area (Å²) in [5.74, 6) is 0. The first-order valence-electron chi connectivity index (χ1n) is 6.95. The van der Waals surface area contributed by atoms with Gasteiger partial charge in [0.1, 0.15) is 6.10 Å². The third-order valence-corrected chi connectivity index (χ3v) is 3.40. The van der Waals surface area contributed by atoms with Gasteiger partial charge < -0.3 is 5.11 Å². The number of benzene rings is 1. The van der Waals surface area contributed by atoms with Gasteiger partial charge in [0.05, 0.1) is 5.69 Å². The van der Waals surface area contributed by atoms with Crippen molar-refractivity contribution >= 4 is 0 Å². The van der Waals surface area contributed by atoms with Crippen molar-refractivity contribution in [2.45, 2.75) is 39.2 Å². The molecule has 0 saturated carbocycles. The second kappa shape index (κ2) is 6.02. The first kappa shape index (κ1) is 13.8. The highest BCUT2D eigenvalue weighted by molar-refractivity contribution is 5.33. The van der Waals surface area contributed by atoms with E-state index in [-0.39, 0.29) is 0 Å². The highest BCUT2D eigenvalue weighted by Crippen LogP contribution is 2.25. The van der Waals surface area contributed by atoms with E-state index in [0.717, 1.165) is 36.1 Å². The molecular weight excluding hydrogens is 236 g/mol. The molecule has 0 saturated heterocycles. The monoisotopic (exact) mass is 258 g/mol. The van der Waals surface area contributed by atoms with Gasteiger partial charge in [-0.05, 0) is 24.0 Å². The molecule has 0 amide bonds. The normalized spacial score (nSPS) is 12.6. The molecule has 2 aromatic rings. The van der Waals surface area contributed by atoms with Gasteiger partial charge in [-0.3, -0.25) is 4.68 Å². The van der Waals surface area contributed by atoms with E-state index in [1.54, 1.807) is 4.68 Å². The molecule has 102 valence electrons. The van der Waals surface area contributed by atoms with Crippen molar-refractivity contribution < 1.29 is 5.11 Å². The number of aromatic nitrogens is 2. The number of aliphatic hydroxyl groups excluding tert-OH is 1. The summed E-state index contributed by atoms with van der Waals surface area (Å²) in [5.41, 5.74) is 4.13. The summed E-state index contributed by atoms with van der Waals surface area (Å²) < 4.78 is 1.77. The zero-order chi connectivity index (χ0) is 13.8. The van der Waals surface area contributed by atoms with Gasteiger partial charge in [0.15, 0.2) is 0 Å². The minimum Gasteiger partial charge on any atom is -0.384 e. The second-order valence-electron chi connectivity index (χ2n) is 4.95. The van der Waals surface area contributed by atoms with Gasteiger partial charge in [0.25, 0.3) is 0 Å². The van der Waals surface area contributed by atoms with Gasteiger partial charge in [0.2, 0.25) is 0 Å². The number of hydrogen-bond acceptors (Lipinski definition) is 2. The third kappa shape index (κ3) is 3.04. The Hall–Kier alpha value is -1.61. The predicted molar refractivity (Wildman–Crippen MR) is 77.1 cm³/mol. The van der Waals surface area contributed by atoms with E-state index < -0.39 is 6.10 Å². The third-order valence-electron chi connectivity index (χ3n) is 3.40. The maximum Gasteiger partial charge on any atom is 0.107 e. The maximum atomic E-state index is 10.5. The first-order chi connectivity index (χ1) is 9.15. The average molecular weight is 258 g/mol. The molecule has 3 heteroatoms. The molecule has 0 aliphatic carbocycles. The van der Waals surface area contributed by atoms with Crippen molar-refractivity contribution in [3.63, 3.8) is 0 Å². The Morgan fingerprint density at radius 2 is 1.89 bits per heavy atom. The summed E-state index contributed by atoms with van der Waals surface area (Å²) in [6.45, 7) is 4.23. The van der Waals surface area contributed by atoms with Gasteiger partial charge in [0, 0.05) is 18.8 Å². The molecule has 0 aliphatic rings. The molecule has 1 heterocycles. The zero-order valence-electron chi connectivity index (χ0n) is 11.9. The maximum absolute atomic E-state index is 10.5. The molecule has 0 bridgehead atoms. The largest absolute Gasteiger partial charge is 0.384 e. The lowest BCUT2D eigenvalue weighted by Gasteiger charge is -2.11. The Morgan fingerprint density at radius 1 is 1.21 bits per heavy atom. The van der Waals surface area contributed by atoms with E-state index in [1.807, 2.05) is 25.4 Å². The molecule has 1 aromatic heterocycles. The second-order valence-corrected chi connectivity index (χ2v) is 4.95. The molecule has 19 heavy (non-hydrogen) atoms. The number of hydrogen-bond donors (Lipinski definition) is 1. The van der Waals surface area contributed by atoms with Crippen LogP contribution in [0.15, 0.2) is 30.5 Å². The van der Waals surface area contributed by atoms with Gasteiger partial charge in [-0.15, -0.1) is 0 Å². The van der Waals surface area contributed by atoms with E-state index in [9.17, 15) is 5.11 Å². The number of nitrogens with zero attached hydrogens (tertiary/aromatic N) is 2. The molecule has 3 nitrogen and oxygen atoms in total. The number of aliphatic hydroxyl groups is 1. The lowest BCUT2D eigenvalue weighted by atomic mass is 9.99. The molecular formula is C16H22N2O. The lowest BCUT2D eigenvalue weighted by molar-refractivity contribution is 0.219. The molecule has 0 radical (unpaired) electrons. The Morgan fingerprint density at radius 3 is 2.47 bits per heavy atom. The quantitative estimate of drug-likeness (QED) is 0.895. The molecule has 1 unspecified atom stereocenters. The summed E-state index contributed by atoms with van der Waals surface area (Å²) in [5, 5.41) is 14.9. The van der Waals surface area contributed by atoms with Crippen LogP contribution in [0.1, 0.15) is 48.8 Å². The highest BCUT2D eigenvalue weighted by Gasteiger charge is 2.16. The van der Waals surface area contributed by atoms with Crippen LogP contribution >= 0.6 is 0 Å². The van der Waals surface area contributed by atoms with E-state index in [1.165, 1.54) is 5.56 Å². The van der Waals surface area contributed by atoms with E-state index in [0.29, 0.717) is 0 Å². The van der Waals surface area contributed by atoms with E-state index in [4.69, 9.17) is 0 Å². The van der Waals surface area contributed by atoms with Gasteiger partial charge in [-0.1, -0.05) is 44.5 Å². The van der Waals surface area contributed by atoms with Crippen LogP contribution in [0.25, 0.3) is 0 Å². The molecule has 1 atom stereocenters. The molecule has 0 aliphatic heterocycles. The molecule has 2 rings (SSSR count). The van der Waals surface area contributed by atoms with Crippen molar-refractivity contribution in [2.24, 2.45) is 7.05 Å². The Bertz CT molecular complexity index is 528. The summed E-state index contributed by atoms with van der Waals surface area (Å²) in [6, 6.07) is 8.23. The minimum absolute atomic E-state index is 0.584. The highest BCUT2D eigenvalue weighted by atomic mass is 16.3. The van der Waals surface area contributed by atoms with Crippen LogP contribution in [0.4, 0.5) is 0 Å². The Balaban J connectivity index is 2.25. The molecule has 0 fully saturated rings. The average Bonchev–Trinajstić information content (AvgIpc) is 2.80. The fraction of sp³-hybridized carbons (Fsp3) is 0.438. The van der Waals surface area contributed by atoms with Crippen LogP contribution in [0.3, 0.4) is 0 Å². The van der Waals surface area contributed by atoms with Crippen LogP contribution in [0, 0.1) is 0 Å². The van der Waals surface area contributed by atoms with E-state index >= 15 is 0 Å². The fourth-order valence-electron chi connectivity index (χ4n) is 2.39. The van der Waals surface area contributed by atoms with Crippen molar-refractivity contribution in [3.8, 4) is 0 Å². The first-order valence-corrected chi connectivity index (χ1v) is 6.95. The fourth-order valence-corrected chi connectivity index (χ4v) is 2.39. The zero-order valence-corrected chi connectivity index (χ0v) is 11.9. The van der Waals surface area contributed by atoms with Gasteiger partial charge >= 0.3 is 0 Å². The van der Waals surface area contributed by atoms with Gasteiger partial charge in [-0.2, -0.15) is 5.10 Å². The summed E-state index contributed by atoms with van der Waals surface area (Å²) in [7, 11) is 1.89. The smallest absolute Gasteiger partial charge is 0.107 e. The summed E-state index contributed by atoms with van der Waals surface area (Å²) in [4.78, 5) is 0. The van der Waals surface area contributed by atoms with Gasteiger partial charge in [-0.25, -0.2) is 0 Å². The molecule has 0 spiro atoms. The Kier molecular flexibility index (Phi) is 4.38. The lowest BCUT2D eigenvalue weighted by Crippen LogP contribution is -2.02. The standard InChI is InChI=1S/C16H22N2O/c1-4-6-12-7-9-13(10-8-12)16(19)14-11-18(3)17-15(14)5-2/h7-11,16,19H,4-6H2,1-3H3. The minimum atomic E-state index is -0.584. The SMILES string of the molecule is CCCc1ccc(C(O)c2cn(C)nc2CC)cc1. The Labute approximate surface area is 114 Å². The van der Waals surface area contributed by atoms with Crippen LogP contribution in [0.5, 0.6) is 0 Å². The number of rotatable bonds is 5. The van der Waals surface area contributed by atoms with Crippen molar-refractivity contribution in [3.05, 3.63) is 52.8 Å². The van der Waals surface area contributed by atoms with Crippen LogP contribution < -0.4 is 0 Å². The summed E-state index contributed by atoms with van der Waals surface area (Å²) >= 11 is 0. The van der Waals surface area contributed by atoms with Crippen LogP contribution in [-0.4, -0.2) is 14.9 Å². The molecule has 1 N–H and O–H groups in total. The topological polar surface area (TPSA) is 38.0 Å². The molecule has 1 aromatic carbocycles. The predicted octanol–water partition coefficient (Wildman–Crippen LogP) is 3.02. The summed E-state index contributed by atoms with van der Waals surface area (Å²) in [6.07, 6.45) is 4.39.